The quantitative estimate of drug-likeness (QED) is 0.638. The van der Waals surface area contributed by atoms with Gasteiger partial charge in [0.15, 0.2) is 0 Å². The lowest BCUT2D eigenvalue weighted by Crippen LogP contribution is -2.06. The van der Waals surface area contributed by atoms with Gasteiger partial charge in [-0.25, -0.2) is 17.6 Å². The number of hydrogen-bond acceptors (Lipinski definition) is 1. The summed E-state index contributed by atoms with van der Waals surface area (Å²) in [7, 11) is 0. The first kappa shape index (κ1) is 13.9. The molecule has 0 unspecified atom stereocenters. The zero-order valence-electron chi connectivity index (χ0n) is 9.48. The molecular formula is C13H8BrF4N. The van der Waals surface area contributed by atoms with Gasteiger partial charge >= 0.3 is 0 Å². The summed E-state index contributed by atoms with van der Waals surface area (Å²) < 4.78 is 53.2. The van der Waals surface area contributed by atoms with E-state index in [0.29, 0.717) is 6.07 Å². The number of halogens is 5. The summed E-state index contributed by atoms with van der Waals surface area (Å²) in [6, 6.07) is 5.26. The van der Waals surface area contributed by atoms with Gasteiger partial charge in [-0.1, -0.05) is 0 Å². The van der Waals surface area contributed by atoms with Crippen LogP contribution in [-0.2, 0) is 6.54 Å². The molecule has 0 aliphatic heterocycles. The van der Waals surface area contributed by atoms with E-state index in [1.807, 2.05) is 0 Å². The predicted octanol–water partition coefficient (Wildman–Crippen LogP) is 4.62. The predicted molar refractivity (Wildman–Crippen MR) is 67.7 cm³/mol. The fourth-order valence-electron chi connectivity index (χ4n) is 1.55. The third kappa shape index (κ3) is 3.07. The maximum absolute atomic E-state index is 13.6. The highest BCUT2D eigenvalue weighted by atomic mass is 79.9. The summed E-state index contributed by atoms with van der Waals surface area (Å²) in [5.74, 6) is -3.04. The lowest BCUT2D eigenvalue weighted by Gasteiger charge is -2.10. The maximum Gasteiger partial charge on any atom is 0.149 e. The lowest BCUT2D eigenvalue weighted by atomic mass is 10.2. The second-order valence-corrected chi connectivity index (χ2v) is 4.65. The summed E-state index contributed by atoms with van der Waals surface area (Å²) in [5, 5.41) is 2.52. The average Bonchev–Trinajstić information content (AvgIpc) is 2.36. The standard InChI is InChI=1S/C13H8BrF4N/c14-9-2-3-10(16)8(13(9)18)6-19-12-4-1-7(15)5-11(12)17/h1-5,19H,6H2. The van der Waals surface area contributed by atoms with Gasteiger partial charge in [0.05, 0.1) is 10.2 Å². The smallest absolute Gasteiger partial charge is 0.149 e. The van der Waals surface area contributed by atoms with Crippen molar-refractivity contribution in [2.45, 2.75) is 6.54 Å². The van der Waals surface area contributed by atoms with Crippen molar-refractivity contribution in [3.05, 3.63) is 63.6 Å². The van der Waals surface area contributed by atoms with E-state index in [1.54, 1.807) is 0 Å². The summed E-state index contributed by atoms with van der Waals surface area (Å²) >= 11 is 2.94. The van der Waals surface area contributed by atoms with E-state index >= 15 is 0 Å². The second kappa shape index (κ2) is 5.61. The zero-order chi connectivity index (χ0) is 14.0. The SMILES string of the molecule is Fc1ccc(NCc2c(F)ccc(Br)c2F)c(F)c1. The first-order valence-corrected chi connectivity index (χ1v) is 6.09. The summed E-state index contributed by atoms with van der Waals surface area (Å²) in [6.45, 7) is -0.250. The Kier molecular flexibility index (Phi) is 4.09. The van der Waals surface area contributed by atoms with Crippen LogP contribution >= 0.6 is 15.9 Å². The van der Waals surface area contributed by atoms with Crippen LogP contribution in [0.25, 0.3) is 0 Å². The second-order valence-electron chi connectivity index (χ2n) is 3.80. The minimum absolute atomic E-state index is 0.0276. The molecule has 0 aliphatic carbocycles. The number of hydrogen-bond donors (Lipinski definition) is 1. The molecule has 19 heavy (non-hydrogen) atoms. The van der Waals surface area contributed by atoms with Gasteiger partial charge in [-0.05, 0) is 40.2 Å². The Morgan fingerprint density at radius 1 is 0.947 bits per heavy atom. The molecule has 2 aromatic rings. The molecule has 0 saturated carbocycles. The third-order valence-corrected chi connectivity index (χ3v) is 3.14. The number of nitrogens with one attached hydrogen (secondary N) is 1. The normalized spacial score (nSPS) is 10.6. The lowest BCUT2D eigenvalue weighted by molar-refractivity contribution is 0.554. The van der Waals surface area contributed by atoms with Crippen molar-refractivity contribution in [3.63, 3.8) is 0 Å². The molecule has 6 heteroatoms. The van der Waals surface area contributed by atoms with Crippen molar-refractivity contribution in [2.24, 2.45) is 0 Å². The summed E-state index contributed by atoms with van der Waals surface area (Å²) in [6.07, 6.45) is 0. The van der Waals surface area contributed by atoms with Crippen molar-refractivity contribution < 1.29 is 17.6 Å². The van der Waals surface area contributed by atoms with Crippen LogP contribution in [0.5, 0.6) is 0 Å². The average molecular weight is 334 g/mol. The molecule has 0 saturated heterocycles. The van der Waals surface area contributed by atoms with Gasteiger partial charge in [-0.15, -0.1) is 0 Å². The first-order chi connectivity index (χ1) is 8.99. The van der Waals surface area contributed by atoms with Crippen molar-refractivity contribution in [3.8, 4) is 0 Å². The Morgan fingerprint density at radius 3 is 2.37 bits per heavy atom. The van der Waals surface area contributed by atoms with Crippen LogP contribution in [0.4, 0.5) is 23.2 Å². The molecule has 0 atom stereocenters. The third-order valence-electron chi connectivity index (χ3n) is 2.53. The van der Waals surface area contributed by atoms with E-state index in [9.17, 15) is 17.6 Å². The molecule has 0 aromatic heterocycles. The molecule has 100 valence electrons. The van der Waals surface area contributed by atoms with E-state index in [4.69, 9.17) is 0 Å². The van der Waals surface area contributed by atoms with Gasteiger partial charge in [-0.3, -0.25) is 0 Å². The minimum Gasteiger partial charge on any atom is -0.378 e. The monoisotopic (exact) mass is 333 g/mol. The van der Waals surface area contributed by atoms with Gasteiger partial charge in [-0.2, -0.15) is 0 Å². The molecular weight excluding hydrogens is 326 g/mol. The van der Waals surface area contributed by atoms with Gasteiger partial charge in [0, 0.05) is 18.2 Å². The fourth-order valence-corrected chi connectivity index (χ4v) is 1.92. The van der Waals surface area contributed by atoms with Gasteiger partial charge < -0.3 is 5.32 Å². The molecule has 2 aromatic carbocycles. The zero-order valence-corrected chi connectivity index (χ0v) is 11.1. The highest BCUT2D eigenvalue weighted by Gasteiger charge is 2.13. The Bertz CT molecular complexity index is 616. The van der Waals surface area contributed by atoms with E-state index in [0.717, 1.165) is 12.1 Å². The van der Waals surface area contributed by atoms with E-state index in [-0.39, 0.29) is 22.3 Å². The van der Waals surface area contributed by atoms with Gasteiger partial charge in [0.1, 0.15) is 23.3 Å². The molecule has 0 fully saturated rings. The van der Waals surface area contributed by atoms with Crippen molar-refractivity contribution in [2.75, 3.05) is 5.32 Å². The van der Waals surface area contributed by atoms with Crippen molar-refractivity contribution in [1.29, 1.82) is 0 Å². The van der Waals surface area contributed by atoms with Crippen LogP contribution in [-0.4, -0.2) is 0 Å². The number of rotatable bonds is 3. The molecule has 0 aliphatic rings. The van der Waals surface area contributed by atoms with Crippen LogP contribution in [0.15, 0.2) is 34.8 Å². The molecule has 1 N–H and O–H groups in total. The van der Waals surface area contributed by atoms with E-state index in [1.165, 1.54) is 12.1 Å². The topological polar surface area (TPSA) is 12.0 Å². The molecule has 0 radical (unpaired) electrons. The Morgan fingerprint density at radius 2 is 1.68 bits per heavy atom. The number of benzene rings is 2. The maximum atomic E-state index is 13.6. The molecule has 0 amide bonds. The Balaban J connectivity index is 2.21. The summed E-state index contributed by atoms with van der Waals surface area (Å²) in [4.78, 5) is 0. The van der Waals surface area contributed by atoms with Crippen LogP contribution in [0.3, 0.4) is 0 Å². The highest BCUT2D eigenvalue weighted by Crippen LogP contribution is 2.23. The Labute approximate surface area is 115 Å². The summed E-state index contributed by atoms with van der Waals surface area (Å²) in [5.41, 5.74) is -0.252. The molecule has 0 bridgehead atoms. The van der Waals surface area contributed by atoms with Crippen LogP contribution < -0.4 is 5.32 Å². The van der Waals surface area contributed by atoms with Crippen LogP contribution in [0.2, 0.25) is 0 Å². The van der Waals surface area contributed by atoms with Gasteiger partial charge in [0.2, 0.25) is 0 Å². The largest absolute Gasteiger partial charge is 0.378 e. The molecule has 2 rings (SSSR count). The number of anilines is 1. The van der Waals surface area contributed by atoms with Gasteiger partial charge in [0.25, 0.3) is 0 Å². The Hall–Kier alpha value is -1.56. The van der Waals surface area contributed by atoms with Crippen molar-refractivity contribution >= 4 is 21.6 Å². The first-order valence-electron chi connectivity index (χ1n) is 5.30. The van der Waals surface area contributed by atoms with Crippen LogP contribution in [0.1, 0.15) is 5.56 Å². The van der Waals surface area contributed by atoms with E-state index in [2.05, 4.69) is 21.2 Å². The van der Waals surface area contributed by atoms with Crippen molar-refractivity contribution in [1.82, 2.24) is 0 Å². The molecule has 0 spiro atoms. The minimum atomic E-state index is -0.823. The highest BCUT2D eigenvalue weighted by molar-refractivity contribution is 9.10. The van der Waals surface area contributed by atoms with E-state index < -0.39 is 23.3 Å². The molecule has 0 heterocycles. The van der Waals surface area contributed by atoms with Crippen LogP contribution in [0, 0.1) is 23.3 Å². The fraction of sp³-hybridized carbons (Fsp3) is 0.0769. The molecule has 1 nitrogen and oxygen atoms in total.